The van der Waals surface area contributed by atoms with Gasteiger partial charge in [-0.1, -0.05) is 30.3 Å². The number of carbonyl (C=O) groups excluding carboxylic acids is 1. The Bertz CT molecular complexity index is 622. The molecule has 6 heteroatoms. The highest BCUT2D eigenvalue weighted by Crippen LogP contribution is 2.28. The van der Waals surface area contributed by atoms with Crippen molar-refractivity contribution in [2.75, 3.05) is 7.11 Å². The van der Waals surface area contributed by atoms with Crippen LogP contribution in [-0.4, -0.2) is 25.4 Å². The zero-order valence-corrected chi connectivity index (χ0v) is 10.5. The second-order valence-electron chi connectivity index (χ2n) is 4.07. The zero-order valence-electron chi connectivity index (χ0n) is 10.5. The van der Waals surface area contributed by atoms with Crippen LogP contribution in [0.25, 0.3) is 10.8 Å². The quantitative estimate of drug-likeness (QED) is 0.811. The van der Waals surface area contributed by atoms with Crippen LogP contribution in [0.5, 0.6) is 5.75 Å². The first-order valence-electron chi connectivity index (χ1n) is 5.72. The molecule has 0 aliphatic carbocycles. The molecular formula is C14H11F3O3. The van der Waals surface area contributed by atoms with Crippen LogP contribution in [-0.2, 0) is 9.53 Å². The number of rotatable bonds is 3. The van der Waals surface area contributed by atoms with Gasteiger partial charge >= 0.3 is 12.1 Å². The molecular weight excluding hydrogens is 273 g/mol. The second-order valence-corrected chi connectivity index (χ2v) is 4.07. The smallest absolute Gasteiger partial charge is 0.436 e. The van der Waals surface area contributed by atoms with Gasteiger partial charge in [0.05, 0.1) is 7.11 Å². The van der Waals surface area contributed by atoms with E-state index in [9.17, 15) is 18.0 Å². The van der Waals surface area contributed by atoms with E-state index in [-0.39, 0.29) is 5.75 Å². The molecule has 0 radical (unpaired) electrons. The van der Waals surface area contributed by atoms with Crippen molar-refractivity contribution < 1.29 is 27.4 Å². The molecule has 0 aromatic heterocycles. The highest BCUT2D eigenvalue weighted by Gasteiger charge is 2.48. The third-order valence-corrected chi connectivity index (χ3v) is 2.69. The van der Waals surface area contributed by atoms with E-state index in [0.717, 1.165) is 17.9 Å². The molecule has 3 nitrogen and oxygen atoms in total. The number of halogens is 3. The standard InChI is InChI=1S/C14H11F3O3/c1-19-13(18)12(14(15,16)17)20-11-7-6-9-4-2-3-5-10(9)8-11/h2-8,12H,1H3. The fraction of sp³-hybridized carbons (Fsp3) is 0.214. The minimum atomic E-state index is -4.83. The monoisotopic (exact) mass is 284 g/mol. The lowest BCUT2D eigenvalue weighted by Crippen LogP contribution is -2.42. The van der Waals surface area contributed by atoms with Gasteiger partial charge in [0.25, 0.3) is 6.10 Å². The lowest BCUT2D eigenvalue weighted by molar-refractivity contribution is -0.209. The van der Waals surface area contributed by atoms with E-state index in [4.69, 9.17) is 4.74 Å². The Hall–Kier alpha value is -2.24. The van der Waals surface area contributed by atoms with Crippen LogP contribution in [0.4, 0.5) is 13.2 Å². The molecule has 0 aliphatic heterocycles. The molecule has 0 N–H and O–H groups in total. The number of esters is 1. The topological polar surface area (TPSA) is 35.5 Å². The van der Waals surface area contributed by atoms with Gasteiger partial charge in [0, 0.05) is 0 Å². The molecule has 2 aromatic carbocycles. The first-order valence-corrected chi connectivity index (χ1v) is 5.72. The molecule has 106 valence electrons. The SMILES string of the molecule is COC(=O)C(Oc1ccc2ccccc2c1)C(F)(F)F. The highest BCUT2D eigenvalue weighted by molar-refractivity contribution is 5.84. The average Bonchev–Trinajstić information content (AvgIpc) is 2.42. The van der Waals surface area contributed by atoms with Gasteiger partial charge in [0.1, 0.15) is 5.75 Å². The Morgan fingerprint density at radius 3 is 2.35 bits per heavy atom. The van der Waals surface area contributed by atoms with Gasteiger partial charge in [-0.05, 0) is 22.9 Å². The molecule has 1 unspecified atom stereocenters. The molecule has 1 atom stereocenters. The Balaban J connectivity index is 2.31. The van der Waals surface area contributed by atoms with Crippen molar-refractivity contribution in [3.8, 4) is 5.75 Å². The van der Waals surface area contributed by atoms with Gasteiger partial charge in [-0.15, -0.1) is 0 Å². The largest absolute Gasteiger partial charge is 0.469 e. The summed E-state index contributed by atoms with van der Waals surface area (Å²) in [5.74, 6) is -1.53. The predicted octanol–water partition coefficient (Wildman–Crippen LogP) is 3.32. The number of methoxy groups -OCH3 is 1. The zero-order chi connectivity index (χ0) is 14.8. The summed E-state index contributed by atoms with van der Waals surface area (Å²) in [6.07, 6.45) is -7.47. The molecule has 0 amide bonds. The van der Waals surface area contributed by atoms with Gasteiger partial charge in [-0.2, -0.15) is 13.2 Å². The minimum absolute atomic E-state index is 0.0450. The van der Waals surface area contributed by atoms with Crippen molar-refractivity contribution in [1.82, 2.24) is 0 Å². The van der Waals surface area contributed by atoms with E-state index in [2.05, 4.69) is 4.74 Å². The first kappa shape index (κ1) is 14.2. The van der Waals surface area contributed by atoms with E-state index >= 15 is 0 Å². The summed E-state index contributed by atoms with van der Waals surface area (Å²) in [7, 11) is 0.880. The number of alkyl halides is 3. The van der Waals surface area contributed by atoms with Crippen molar-refractivity contribution >= 4 is 16.7 Å². The maximum absolute atomic E-state index is 12.7. The fourth-order valence-electron chi connectivity index (χ4n) is 1.73. The van der Waals surface area contributed by atoms with Gasteiger partial charge < -0.3 is 9.47 Å². The van der Waals surface area contributed by atoms with Gasteiger partial charge in [-0.25, -0.2) is 4.79 Å². The molecule has 0 bridgehead atoms. The number of benzene rings is 2. The Labute approximate surface area is 112 Å². The molecule has 0 fully saturated rings. The summed E-state index contributed by atoms with van der Waals surface area (Å²) in [6, 6.07) is 11.6. The van der Waals surface area contributed by atoms with Crippen LogP contribution >= 0.6 is 0 Å². The fourth-order valence-corrected chi connectivity index (χ4v) is 1.73. The van der Waals surface area contributed by atoms with Crippen LogP contribution in [0.1, 0.15) is 0 Å². The van der Waals surface area contributed by atoms with Crippen molar-refractivity contribution in [1.29, 1.82) is 0 Å². The second kappa shape index (κ2) is 5.40. The maximum atomic E-state index is 12.7. The Morgan fingerprint density at radius 2 is 1.75 bits per heavy atom. The van der Waals surface area contributed by atoms with Crippen LogP contribution in [0.2, 0.25) is 0 Å². The maximum Gasteiger partial charge on any atom is 0.436 e. The number of hydrogen-bond donors (Lipinski definition) is 0. The first-order chi connectivity index (χ1) is 9.41. The molecule has 0 spiro atoms. The molecule has 0 saturated heterocycles. The number of hydrogen-bond acceptors (Lipinski definition) is 3. The van der Waals surface area contributed by atoms with E-state index in [1.807, 2.05) is 12.1 Å². The van der Waals surface area contributed by atoms with Crippen LogP contribution in [0, 0.1) is 0 Å². The van der Waals surface area contributed by atoms with E-state index in [0.29, 0.717) is 0 Å². The van der Waals surface area contributed by atoms with Crippen LogP contribution < -0.4 is 4.74 Å². The van der Waals surface area contributed by atoms with Gasteiger partial charge in [0.2, 0.25) is 0 Å². The summed E-state index contributed by atoms with van der Waals surface area (Å²) in [4.78, 5) is 11.2. The van der Waals surface area contributed by atoms with Crippen molar-refractivity contribution in [3.05, 3.63) is 42.5 Å². The van der Waals surface area contributed by atoms with Crippen molar-refractivity contribution in [3.63, 3.8) is 0 Å². The van der Waals surface area contributed by atoms with Gasteiger partial charge in [0.15, 0.2) is 0 Å². The molecule has 2 aromatic rings. The van der Waals surface area contributed by atoms with E-state index in [1.165, 1.54) is 12.1 Å². The third-order valence-electron chi connectivity index (χ3n) is 2.69. The third kappa shape index (κ3) is 3.01. The van der Waals surface area contributed by atoms with E-state index < -0.39 is 18.2 Å². The molecule has 2 rings (SSSR count). The van der Waals surface area contributed by atoms with E-state index in [1.54, 1.807) is 18.2 Å². The summed E-state index contributed by atoms with van der Waals surface area (Å²) < 4.78 is 47.0. The van der Waals surface area contributed by atoms with Crippen LogP contribution in [0.15, 0.2) is 42.5 Å². The molecule has 0 aliphatic rings. The normalized spacial score (nSPS) is 13.0. The molecule has 0 saturated carbocycles. The number of fused-ring (bicyclic) bond motifs is 1. The van der Waals surface area contributed by atoms with Crippen LogP contribution in [0.3, 0.4) is 0 Å². The minimum Gasteiger partial charge on any atom is -0.469 e. The summed E-state index contributed by atoms with van der Waals surface area (Å²) in [6.45, 7) is 0. The number of ether oxygens (including phenoxy) is 2. The molecule has 0 heterocycles. The summed E-state index contributed by atoms with van der Waals surface area (Å²) in [5.41, 5.74) is 0. The highest BCUT2D eigenvalue weighted by atomic mass is 19.4. The summed E-state index contributed by atoms with van der Waals surface area (Å²) in [5, 5.41) is 1.58. The Kier molecular flexibility index (Phi) is 3.83. The lowest BCUT2D eigenvalue weighted by atomic mass is 10.1. The summed E-state index contributed by atoms with van der Waals surface area (Å²) >= 11 is 0. The Morgan fingerprint density at radius 1 is 1.10 bits per heavy atom. The number of carbonyl (C=O) groups is 1. The van der Waals surface area contributed by atoms with Gasteiger partial charge in [-0.3, -0.25) is 0 Å². The van der Waals surface area contributed by atoms with Crippen molar-refractivity contribution in [2.45, 2.75) is 12.3 Å². The average molecular weight is 284 g/mol. The predicted molar refractivity (Wildman–Crippen MR) is 66.4 cm³/mol. The molecule has 20 heavy (non-hydrogen) atoms. The van der Waals surface area contributed by atoms with Crippen molar-refractivity contribution in [2.24, 2.45) is 0 Å². The lowest BCUT2D eigenvalue weighted by Gasteiger charge is -2.19.